The van der Waals surface area contributed by atoms with Gasteiger partial charge in [-0.3, -0.25) is 0 Å². The maximum atomic E-state index is 5.62. The highest BCUT2D eigenvalue weighted by molar-refractivity contribution is 9.25. The van der Waals surface area contributed by atoms with E-state index in [4.69, 9.17) is 11.1 Å². The predicted octanol–water partition coefficient (Wildman–Crippen LogP) is 2.50. The van der Waals surface area contributed by atoms with E-state index in [0.29, 0.717) is 3.36 Å². The third-order valence-electron chi connectivity index (χ3n) is 0.301. The van der Waals surface area contributed by atoms with Crippen LogP contribution in [0.4, 0.5) is 0 Å². The van der Waals surface area contributed by atoms with Gasteiger partial charge in [-0.05, 0) is 0 Å². The van der Waals surface area contributed by atoms with Crippen LogP contribution in [0, 0.1) is 0 Å². The van der Waals surface area contributed by atoms with Crippen molar-refractivity contribution in [2.45, 2.75) is 9.91 Å². The van der Waals surface area contributed by atoms with Gasteiger partial charge in [0.2, 0.25) is 0 Å². The Hall–Kier alpha value is 1.47. The summed E-state index contributed by atoms with van der Waals surface area (Å²) in [6.07, 6.45) is 0. The van der Waals surface area contributed by atoms with Crippen molar-refractivity contribution < 1.29 is 0 Å². The highest BCUT2D eigenvalue weighted by atomic mass is 79.9. The molecule has 0 aromatic rings. The Balaban J connectivity index is 2.99. The standard InChI is InChI=1S/C2H4Br2ClSi/c1-6(5)2(3)4/h2H,1H3. The van der Waals surface area contributed by atoms with Gasteiger partial charge in [-0.2, -0.15) is 11.1 Å². The molecular formula is C2H4Br2ClSi. The highest BCUT2D eigenvalue weighted by Gasteiger charge is 2.06. The summed E-state index contributed by atoms with van der Waals surface area (Å²) >= 11 is 12.2. The van der Waals surface area contributed by atoms with Gasteiger partial charge in [-0.1, -0.05) is 38.4 Å². The average molecular weight is 251 g/mol. The Morgan fingerprint density at radius 3 is 1.83 bits per heavy atom. The van der Waals surface area contributed by atoms with Crippen LogP contribution in [0.5, 0.6) is 0 Å². The van der Waals surface area contributed by atoms with E-state index >= 15 is 0 Å². The first-order chi connectivity index (χ1) is 2.64. The lowest BCUT2D eigenvalue weighted by molar-refractivity contribution is 1.98. The normalized spacial score (nSPS) is 11.0. The van der Waals surface area contributed by atoms with E-state index in [-0.39, 0.29) is 0 Å². The number of hydrogen-bond acceptors (Lipinski definition) is 0. The van der Waals surface area contributed by atoms with E-state index in [1.54, 1.807) is 0 Å². The van der Waals surface area contributed by atoms with Crippen molar-refractivity contribution >= 4 is 51.0 Å². The van der Waals surface area contributed by atoms with Crippen LogP contribution in [0.1, 0.15) is 0 Å². The first-order valence-electron chi connectivity index (χ1n) is 1.41. The third kappa shape index (κ3) is 3.65. The molecule has 0 bridgehead atoms. The van der Waals surface area contributed by atoms with Crippen molar-refractivity contribution in [1.29, 1.82) is 0 Å². The molecule has 0 spiro atoms. The van der Waals surface area contributed by atoms with E-state index < -0.39 is 8.11 Å². The Kier molecular flexibility index (Phi) is 4.31. The first-order valence-corrected chi connectivity index (χ1v) is 6.33. The van der Waals surface area contributed by atoms with Gasteiger partial charge in [0.1, 0.15) is 0 Å². The van der Waals surface area contributed by atoms with Gasteiger partial charge in [0.25, 0.3) is 0 Å². The van der Waals surface area contributed by atoms with Crippen LogP contribution >= 0.6 is 42.9 Å². The quantitative estimate of drug-likeness (QED) is 0.382. The molecule has 0 heterocycles. The van der Waals surface area contributed by atoms with Crippen molar-refractivity contribution in [2.75, 3.05) is 0 Å². The Labute approximate surface area is 60.8 Å². The van der Waals surface area contributed by atoms with Gasteiger partial charge >= 0.3 is 0 Å². The molecule has 37 valence electrons. The summed E-state index contributed by atoms with van der Waals surface area (Å²) in [6.45, 7) is 2.01. The van der Waals surface area contributed by atoms with Crippen molar-refractivity contribution in [2.24, 2.45) is 0 Å². The SMILES string of the molecule is C[Si](Cl)C(Br)Br. The van der Waals surface area contributed by atoms with Crippen LogP contribution in [0.2, 0.25) is 6.55 Å². The first kappa shape index (κ1) is 7.47. The number of halogens is 3. The predicted molar refractivity (Wildman–Crippen MR) is 39.1 cm³/mol. The third-order valence-corrected chi connectivity index (χ3v) is 7.26. The molecule has 0 saturated carbocycles. The van der Waals surface area contributed by atoms with E-state index in [2.05, 4.69) is 31.9 Å². The maximum absolute atomic E-state index is 5.62. The van der Waals surface area contributed by atoms with Crippen molar-refractivity contribution in [3.8, 4) is 0 Å². The fourth-order valence-electron chi connectivity index (χ4n) is 0. The molecule has 1 radical (unpaired) electrons. The zero-order valence-electron chi connectivity index (χ0n) is 3.21. The number of alkyl halides is 2. The van der Waals surface area contributed by atoms with Crippen molar-refractivity contribution in [3.63, 3.8) is 0 Å². The van der Waals surface area contributed by atoms with E-state index in [1.807, 2.05) is 6.55 Å². The Bertz CT molecular complexity index is 32.5. The molecule has 4 heteroatoms. The maximum Gasteiger partial charge on any atom is 0.188 e. The molecule has 0 N–H and O–H groups in total. The summed E-state index contributed by atoms with van der Waals surface area (Å²) in [5, 5.41) is 0. The molecule has 0 aliphatic heterocycles. The summed E-state index contributed by atoms with van der Waals surface area (Å²) < 4.78 is 0.344. The van der Waals surface area contributed by atoms with Gasteiger partial charge in [0.05, 0.1) is 3.36 Å². The van der Waals surface area contributed by atoms with Gasteiger partial charge in [0, 0.05) is 0 Å². The highest BCUT2D eigenvalue weighted by Crippen LogP contribution is 2.13. The minimum atomic E-state index is -0.646. The summed E-state index contributed by atoms with van der Waals surface area (Å²) in [7, 11) is -0.646. The summed E-state index contributed by atoms with van der Waals surface area (Å²) in [5.41, 5.74) is 0. The second-order valence-corrected chi connectivity index (χ2v) is 9.18. The Morgan fingerprint density at radius 2 is 1.83 bits per heavy atom. The topological polar surface area (TPSA) is 0 Å². The number of hydrogen-bond donors (Lipinski definition) is 0. The molecule has 6 heavy (non-hydrogen) atoms. The van der Waals surface area contributed by atoms with Gasteiger partial charge in [-0.25, -0.2) is 0 Å². The minimum Gasteiger partial charge on any atom is -0.167 e. The van der Waals surface area contributed by atoms with Crippen molar-refractivity contribution in [3.05, 3.63) is 0 Å². The zero-order valence-corrected chi connectivity index (χ0v) is 8.14. The fourth-order valence-corrected chi connectivity index (χ4v) is 0. The molecule has 0 rings (SSSR count). The number of rotatable bonds is 1. The van der Waals surface area contributed by atoms with Gasteiger partial charge < -0.3 is 0 Å². The molecule has 0 unspecified atom stereocenters. The molecule has 0 aromatic carbocycles. The van der Waals surface area contributed by atoms with E-state index in [9.17, 15) is 0 Å². The summed E-state index contributed by atoms with van der Waals surface area (Å²) in [4.78, 5) is 0. The van der Waals surface area contributed by atoms with Crippen LogP contribution in [0.25, 0.3) is 0 Å². The lowest BCUT2D eigenvalue weighted by Gasteiger charge is -1.95. The van der Waals surface area contributed by atoms with Crippen LogP contribution in [0.15, 0.2) is 0 Å². The Morgan fingerprint density at radius 1 is 1.67 bits per heavy atom. The molecular weight excluding hydrogens is 247 g/mol. The van der Waals surface area contributed by atoms with Crippen LogP contribution in [0.3, 0.4) is 0 Å². The summed E-state index contributed by atoms with van der Waals surface area (Å²) in [6, 6.07) is 0. The monoisotopic (exact) mass is 249 g/mol. The molecule has 0 fully saturated rings. The lowest BCUT2D eigenvalue weighted by Crippen LogP contribution is -2.05. The summed E-state index contributed by atoms with van der Waals surface area (Å²) in [5.74, 6) is 0. The molecule has 0 aromatic heterocycles. The smallest absolute Gasteiger partial charge is 0.167 e. The second-order valence-electron chi connectivity index (χ2n) is 0.887. The molecule has 0 saturated heterocycles. The van der Waals surface area contributed by atoms with Gasteiger partial charge in [-0.15, -0.1) is 0 Å². The van der Waals surface area contributed by atoms with E-state index in [0.717, 1.165) is 0 Å². The average Bonchev–Trinajstić information content (AvgIpc) is 1.36. The second kappa shape index (κ2) is 3.47. The molecule has 0 amide bonds. The van der Waals surface area contributed by atoms with Crippen molar-refractivity contribution in [1.82, 2.24) is 0 Å². The molecule has 0 aliphatic carbocycles. The molecule has 0 aliphatic rings. The lowest BCUT2D eigenvalue weighted by atomic mass is 11.9. The van der Waals surface area contributed by atoms with Crippen LogP contribution in [-0.4, -0.2) is 11.5 Å². The van der Waals surface area contributed by atoms with E-state index in [1.165, 1.54) is 0 Å². The fraction of sp³-hybridized carbons (Fsp3) is 1.00. The zero-order chi connectivity index (χ0) is 5.15. The van der Waals surface area contributed by atoms with Gasteiger partial charge in [0.15, 0.2) is 8.11 Å². The minimum absolute atomic E-state index is 0.344. The van der Waals surface area contributed by atoms with Crippen LogP contribution in [-0.2, 0) is 0 Å². The molecule has 0 atom stereocenters. The van der Waals surface area contributed by atoms with Crippen LogP contribution < -0.4 is 0 Å². The largest absolute Gasteiger partial charge is 0.188 e. The molecule has 0 nitrogen and oxygen atoms in total.